The number of carbonyl (C=O) groups excluding carboxylic acids is 2. The van der Waals surface area contributed by atoms with E-state index in [0.717, 1.165) is 5.56 Å². The summed E-state index contributed by atoms with van der Waals surface area (Å²) < 4.78 is 10.0. The minimum atomic E-state index is -0.642. The van der Waals surface area contributed by atoms with Gasteiger partial charge < -0.3 is 14.8 Å². The van der Waals surface area contributed by atoms with Crippen LogP contribution in [0.3, 0.4) is 0 Å². The third-order valence-electron chi connectivity index (χ3n) is 3.02. The Hall–Kier alpha value is -1.88. The molecule has 0 heterocycles. The van der Waals surface area contributed by atoms with Crippen LogP contribution >= 0.6 is 0 Å². The monoisotopic (exact) mass is 293 g/mol. The van der Waals surface area contributed by atoms with E-state index in [9.17, 15) is 9.59 Å². The van der Waals surface area contributed by atoms with Gasteiger partial charge in [0, 0.05) is 12.7 Å². The molecule has 1 aromatic carbocycles. The maximum Gasteiger partial charge on any atom is 0.328 e. The van der Waals surface area contributed by atoms with Crippen molar-refractivity contribution in [3.63, 3.8) is 0 Å². The molecule has 21 heavy (non-hydrogen) atoms. The Morgan fingerprint density at radius 3 is 2.29 bits per heavy atom. The second kappa shape index (κ2) is 8.42. The van der Waals surface area contributed by atoms with Crippen molar-refractivity contribution in [1.82, 2.24) is 5.32 Å². The maximum absolute atomic E-state index is 12.2. The van der Waals surface area contributed by atoms with Gasteiger partial charge >= 0.3 is 5.97 Å². The van der Waals surface area contributed by atoms with Crippen LogP contribution in [0.4, 0.5) is 0 Å². The summed E-state index contributed by atoms with van der Waals surface area (Å²) in [7, 11) is 1.62. The zero-order valence-electron chi connectivity index (χ0n) is 13.0. The Labute approximate surface area is 125 Å². The van der Waals surface area contributed by atoms with E-state index in [1.807, 2.05) is 26.0 Å². The van der Waals surface area contributed by atoms with E-state index in [1.165, 1.54) is 0 Å². The molecule has 0 unspecified atom stereocenters. The van der Waals surface area contributed by atoms with Crippen molar-refractivity contribution in [2.45, 2.75) is 33.4 Å². The van der Waals surface area contributed by atoms with Crippen LogP contribution < -0.4 is 5.32 Å². The molecule has 116 valence electrons. The summed E-state index contributed by atoms with van der Waals surface area (Å²) in [5.74, 6) is -0.733. The number of hydrogen-bond acceptors (Lipinski definition) is 4. The van der Waals surface area contributed by atoms with Crippen LogP contribution in [0, 0.1) is 5.92 Å². The number of hydrogen-bond donors (Lipinski definition) is 1. The molecule has 5 heteroatoms. The standard InChI is InChI=1S/C16H23NO4/c1-5-21-16(19)14(11(2)3)17-15(18)13-8-6-12(7-9-13)10-20-4/h6-9,11,14H,5,10H2,1-4H3,(H,17,18)/t14-/m0/s1. The number of ether oxygens (including phenoxy) is 2. The van der Waals surface area contributed by atoms with Crippen LogP contribution in [0.5, 0.6) is 0 Å². The Bertz CT molecular complexity index is 468. The first-order chi connectivity index (χ1) is 9.99. The average molecular weight is 293 g/mol. The van der Waals surface area contributed by atoms with Gasteiger partial charge in [0.15, 0.2) is 0 Å². The third kappa shape index (κ3) is 5.19. The van der Waals surface area contributed by atoms with Gasteiger partial charge in [0.1, 0.15) is 6.04 Å². The molecule has 5 nitrogen and oxygen atoms in total. The van der Waals surface area contributed by atoms with Crippen molar-refractivity contribution in [3.8, 4) is 0 Å². The lowest BCUT2D eigenvalue weighted by atomic mass is 10.0. The van der Waals surface area contributed by atoms with Crippen LogP contribution in [0.2, 0.25) is 0 Å². The van der Waals surface area contributed by atoms with Crippen molar-refractivity contribution in [1.29, 1.82) is 0 Å². The Balaban J connectivity index is 2.75. The SMILES string of the molecule is CCOC(=O)[C@@H](NC(=O)c1ccc(COC)cc1)C(C)C. The molecular weight excluding hydrogens is 270 g/mol. The molecule has 0 radical (unpaired) electrons. The van der Waals surface area contributed by atoms with Crippen molar-refractivity contribution >= 4 is 11.9 Å². The Kier molecular flexibility index (Phi) is 6.88. The van der Waals surface area contributed by atoms with Crippen molar-refractivity contribution in [3.05, 3.63) is 35.4 Å². The lowest BCUT2D eigenvalue weighted by Gasteiger charge is -2.20. The average Bonchev–Trinajstić information content (AvgIpc) is 2.45. The summed E-state index contributed by atoms with van der Waals surface area (Å²) >= 11 is 0. The molecule has 1 atom stereocenters. The summed E-state index contributed by atoms with van der Waals surface area (Å²) in [6.07, 6.45) is 0. The topological polar surface area (TPSA) is 64.6 Å². The zero-order chi connectivity index (χ0) is 15.8. The Morgan fingerprint density at radius 1 is 1.19 bits per heavy atom. The normalized spacial score (nSPS) is 12.0. The van der Waals surface area contributed by atoms with E-state index in [2.05, 4.69) is 5.32 Å². The van der Waals surface area contributed by atoms with E-state index in [1.54, 1.807) is 26.2 Å². The number of rotatable bonds is 7. The van der Waals surface area contributed by atoms with E-state index >= 15 is 0 Å². The number of methoxy groups -OCH3 is 1. The minimum absolute atomic E-state index is 0.0410. The molecule has 0 aliphatic heterocycles. The molecular formula is C16H23NO4. The fourth-order valence-corrected chi connectivity index (χ4v) is 1.87. The van der Waals surface area contributed by atoms with Crippen LogP contribution in [0.1, 0.15) is 36.7 Å². The summed E-state index contributed by atoms with van der Waals surface area (Å²) in [6.45, 7) is 6.27. The van der Waals surface area contributed by atoms with Crippen LogP contribution in [-0.4, -0.2) is 31.6 Å². The maximum atomic E-state index is 12.2. The molecule has 0 aliphatic carbocycles. The zero-order valence-corrected chi connectivity index (χ0v) is 13.0. The second-order valence-corrected chi connectivity index (χ2v) is 5.08. The molecule has 0 saturated carbocycles. The number of nitrogens with one attached hydrogen (secondary N) is 1. The van der Waals surface area contributed by atoms with Crippen LogP contribution in [-0.2, 0) is 20.9 Å². The van der Waals surface area contributed by atoms with Gasteiger partial charge in [-0.1, -0.05) is 26.0 Å². The molecule has 0 aromatic heterocycles. The van der Waals surface area contributed by atoms with Crippen molar-refractivity contribution in [2.24, 2.45) is 5.92 Å². The summed E-state index contributed by atoms with van der Waals surface area (Å²) in [5.41, 5.74) is 1.49. The predicted molar refractivity (Wildman–Crippen MR) is 79.9 cm³/mol. The number of amides is 1. The molecule has 1 N–H and O–H groups in total. The van der Waals surface area contributed by atoms with Crippen molar-refractivity contribution < 1.29 is 19.1 Å². The number of carbonyl (C=O) groups is 2. The van der Waals surface area contributed by atoms with Crippen molar-refractivity contribution in [2.75, 3.05) is 13.7 Å². The predicted octanol–water partition coefficient (Wildman–Crippen LogP) is 2.15. The summed E-state index contributed by atoms with van der Waals surface area (Å²) in [5, 5.41) is 2.72. The fraction of sp³-hybridized carbons (Fsp3) is 0.500. The smallest absolute Gasteiger partial charge is 0.328 e. The third-order valence-corrected chi connectivity index (χ3v) is 3.02. The summed E-state index contributed by atoms with van der Waals surface area (Å²) in [6, 6.07) is 6.44. The molecule has 0 aliphatic rings. The molecule has 1 rings (SSSR count). The van der Waals surface area contributed by atoms with Gasteiger partial charge in [0.05, 0.1) is 13.2 Å². The van der Waals surface area contributed by atoms with E-state index in [-0.39, 0.29) is 11.8 Å². The first kappa shape index (κ1) is 17.2. The number of benzene rings is 1. The van der Waals surface area contributed by atoms with Gasteiger partial charge in [-0.25, -0.2) is 4.79 Å². The second-order valence-electron chi connectivity index (χ2n) is 5.08. The minimum Gasteiger partial charge on any atom is -0.464 e. The van der Waals surface area contributed by atoms with Gasteiger partial charge in [0.25, 0.3) is 5.91 Å². The number of esters is 1. The first-order valence-corrected chi connectivity index (χ1v) is 7.05. The van der Waals surface area contributed by atoms with Gasteiger partial charge in [0.2, 0.25) is 0 Å². The summed E-state index contributed by atoms with van der Waals surface area (Å²) in [4.78, 5) is 24.0. The van der Waals surface area contributed by atoms with E-state index in [4.69, 9.17) is 9.47 Å². The van der Waals surface area contributed by atoms with Gasteiger partial charge in [-0.2, -0.15) is 0 Å². The highest BCUT2D eigenvalue weighted by molar-refractivity contribution is 5.96. The largest absolute Gasteiger partial charge is 0.464 e. The molecule has 1 aromatic rings. The molecule has 0 fully saturated rings. The highest BCUT2D eigenvalue weighted by atomic mass is 16.5. The van der Waals surface area contributed by atoms with Gasteiger partial charge in [-0.3, -0.25) is 4.79 Å². The van der Waals surface area contributed by atoms with E-state index < -0.39 is 12.0 Å². The van der Waals surface area contributed by atoms with E-state index in [0.29, 0.717) is 18.8 Å². The van der Waals surface area contributed by atoms with Crippen LogP contribution in [0.15, 0.2) is 24.3 Å². The lowest BCUT2D eigenvalue weighted by Crippen LogP contribution is -2.45. The first-order valence-electron chi connectivity index (χ1n) is 7.05. The van der Waals surface area contributed by atoms with Crippen LogP contribution in [0.25, 0.3) is 0 Å². The molecule has 0 saturated heterocycles. The molecule has 0 bridgehead atoms. The van der Waals surface area contributed by atoms with Gasteiger partial charge in [-0.05, 0) is 30.5 Å². The lowest BCUT2D eigenvalue weighted by molar-refractivity contribution is -0.146. The quantitative estimate of drug-likeness (QED) is 0.782. The highest BCUT2D eigenvalue weighted by Crippen LogP contribution is 2.09. The van der Waals surface area contributed by atoms with Gasteiger partial charge in [-0.15, -0.1) is 0 Å². The fourth-order valence-electron chi connectivity index (χ4n) is 1.87. The molecule has 0 spiro atoms. The highest BCUT2D eigenvalue weighted by Gasteiger charge is 2.25. The molecule has 1 amide bonds. The Morgan fingerprint density at radius 2 is 1.81 bits per heavy atom.